The third kappa shape index (κ3) is 4.94. The van der Waals surface area contributed by atoms with Crippen molar-refractivity contribution in [1.82, 2.24) is 9.80 Å². The summed E-state index contributed by atoms with van der Waals surface area (Å²) in [6.07, 6.45) is 4.89. The molecule has 1 saturated heterocycles. The molecule has 36 heavy (non-hydrogen) atoms. The van der Waals surface area contributed by atoms with E-state index in [1.807, 2.05) is 36.1 Å². The van der Waals surface area contributed by atoms with Crippen molar-refractivity contribution in [3.8, 4) is 0 Å². The standard InChI is InChI=1S/C29H31N3O3S/c1-23-21-26-22-25(14-15-28(26)32(23)36(34,35)27-12-6-3-7-13-27)29(33)31-19-17-30(18-20-31)16-8-11-24-9-4-2-5-10-24/h2-15,22-23H,16-21H2,1H3/b11-8+/t23-/m0/s1. The molecule has 0 aromatic heterocycles. The fourth-order valence-corrected chi connectivity index (χ4v) is 6.74. The van der Waals surface area contributed by atoms with Gasteiger partial charge in [0.1, 0.15) is 0 Å². The highest BCUT2D eigenvalue weighted by atomic mass is 32.2. The topological polar surface area (TPSA) is 60.9 Å². The minimum absolute atomic E-state index is 0.00861. The number of fused-ring (bicyclic) bond motifs is 1. The lowest BCUT2D eigenvalue weighted by Gasteiger charge is -2.34. The molecule has 6 nitrogen and oxygen atoms in total. The summed E-state index contributed by atoms with van der Waals surface area (Å²) in [5.41, 5.74) is 3.38. The molecule has 0 N–H and O–H groups in total. The molecule has 2 heterocycles. The van der Waals surface area contributed by atoms with E-state index in [4.69, 9.17) is 0 Å². The van der Waals surface area contributed by atoms with Crippen molar-refractivity contribution < 1.29 is 13.2 Å². The van der Waals surface area contributed by atoms with Gasteiger partial charge in [0, 0.05) is 44.3 Å². The molecule has 1 fully saturated rings. The predicted octanol–water partition coefficient (Wildman–Crippen LogP) is 4.30. The summed E-state index contributed by atoms with van der Waals surface area (Å²) in [4.78, 5) is 17.8. The molecule has 2 aliphatic rings. The number of sulfonamides is 1. The number of carbonyl (C=O) groups is 1. The van der Waals surface area contributed by atoms with Gasteiger partial charge >= 0.3 is 0 Å². The summed E-state index contributed by atoms with van der Waals surface area (Å²) in [7, 11) is -3.66. The molecule has 7 heteroatoms. The lowest BCUT2D eigenvalue weighted by molar-refractivity contribution is 0.0650. The molecule has 2 aliphatic heterocycles. The number of amides is 1. The zero-order valence-corrected chi connectivity index (χ0v) is 21.3. The Bertz CT molecular complexity index is 1350. The van der Waals surface area contributed by atoms with Crippen molar-refractivity contribution >= 4 is 27.7 Å². The average Bonchev–Trinajstić information content (AvgIpc) is 3.25. The second kappa shape index (κ2) is 10.3. The SMILES string of the molecule is C[C@H]1Cc2cc(C(=O)N3CCN(C/C=C/c4ccccc4)CC3)ccc2N1S(=O)(=O)c1ccccc1. The Balaban J connectivity index is 1.23. The maximum absolute atomic E-state index is 13.3. The van der Waals surface area contributed by atoms with Crippen molar-refractivity contribution in [2.75, 3.05) is 37.0 Å². The van der Waals surface area contributed by atoms with Gasteiger partial charge in [-0.1, -0.05) is 60.7 Å². The van der Waals surface area contributed by atoms with E-state index in [9.17, 15) is 13.2 Å². The second-order valence-corrected chi connectivity index (χ2v) is 11.2. The van der Waals surface area contributed by atoms with Crippen LogP contribution in [0.1, 0.15) is 28.4 Å². The fourth-order valence-electron chi connectivity index (χ4n) is 5.03. The van der Waals surface area contributed by atoms with E-state index in [1.165, 1.54) is 9.87 Å². The molecule has 0 bridgehead atoms. The highest BCUT2D eigenvalue weighted by molar-refractivity contribution is 7.92. The van der Waals surface area contributed by atoms with E-state index in [-0.39, 0.29) is 16.8 Å². The van der Waals surface area contributed by atoms with Gasteiger partial charge in [0.15, 0.2) is 0 Å². The molecule has 3 aromatic carbocycles. The first-order chi connectivity index (χ1) is 17.4. The fraction of sp³-hybridized carbons (Fsp3) is 0.276. The number of hydrogen-bond acceptors (Lipinski definition) is 4. The third-order valence-corrected chi connectivity index (χ3v) is 8.85. The van der Waals surface area contributed by atoms with Crippen LogP contribution in [0.15, 0.2) is 89.8 Å². The lowest BCUT2D eigenvalue weighted by Crippen LogP contribution is -2.48. The first kappa shape index (κ1) is 24.3. The third-order valence-electron chi connectivity index (χ3n) is 6.91. The Kier molecular flexibility index (Phi) is 6.94. The van der Waals surface area contributed by atoms with Crippen LogP contribution in [-0.2, 0) is 16.4 Å². The van der Waals surface area contributed by atoms with Crippen LogP contribution in [0.25, 0.3) is 6.08 Å². The van der Waals surface area contributed by atoms with Gasteiger partial charge in [0.25, 0.3) is 15.9 Å². The molecule has 0 saturated carbocycles. The first-order valence-electron chi connectivity index (χ1n) is 12.4. The largest absolute Gasteiger partial charge is 0.336 e. The van der Waals surface area contributed by atoms with E-state index in [1.54, 1.807) is 42.5 Å². The van der Waals surface area contributed by atoms with Gasteiger partial charge in [-0.15, -0.1) is 0 Å². The number of hydrogen-bond donors (Lipinski definition) is 0. The summed E-state index contributed by atoms with van der Waals surface area (Å²) in [5, 5.41) is 0. The number of piperazine rings is 1. The number of carbonyl (C=O) groups excluding carboxylic acids is 1. The molecular weight excluding hydrogens is 470 g/mol. The first-order valence-corrected chi connectivity index (χ1v) is 13.8. The molecule has 1 amide bonds. The smallest absolute Gasteiger partial charge is 0.264 e. The summed E-state index contributed by atoms with van der Waals surface area (Å²) in [6, 6.07) is 24.0. The number of benzene rings is 3. The molecule has 1 atom stereocenters. The Morgan fingerprint density at radius 2 is 1.58 bits per heavy atom. The molecule has 186 valence electrons. The molecular formula is C29H31N3O3S. The Hall–Kier alpha value is -3.42. The van der Waals surface area contributed by atoms with Crippen LogP contribution in [0.2, 0.25) is 0 Å². The lowest BCUT2D eigenvalue weighted by atomic mass is 10.1. The van der Waals surface area contributed by atoms with Crippen LogP contribution in [0.4, 0.5) is 5.69 Å². The zero-order chi connectivity index (χ0) is 25.1. The Morgan fingerprint density at radius 1 is 0.917 bits per heavy atom. The second-order valence-electron chi connectivity index (χ2n) is 9.42. The highest BCUT2D eigenvalue weighted by Crippen LogP contribution is 2.37. The van der Waals surface area contributed by atoms with Crippen LogP contribution in [0.5, 0.6) is 0 Å². The molecule has 5 rings (SSSR count). The molecule has 0 radical (unpaired) electrons. The molecule has 0 spiro atoms. The van der Waals surface area contributed by atoms with Gasteiger partial charge in [0.2, 0.25) is 0 Å². The van der Waals surface area contributed by atoms with Crippen molar-refractivity contribution in [2.24, 2.45) is 0 Å². The normalized spacial score (nSPS) is 18.5. The van der Waals surface area contributed by atoms with Gasteiger partial charge < -0.3 is 4.90 Å². The quantitative estimate of drug-likeness (QED) is 0.505. The number of nitrogens with zero attached hydrogens (tertiary/aromatic N) is 3. The van der Waals surface area contributed by atoms with E-state index >= 15 is 0 Å². The minimum atomic E-state index is -3.66. The van der Waals surface area contributed by atoms with E-state index < -0.39 is 10.0 Å². The van der Waals surface area contributed by atoms with E-state index in [2.05, 4.69) is 29.2 Å². The summed E-state index contributed by atoms with van der Waals surface area (Å²) in [5.74, 6) is 0.00861. The summed E-state index contributed by atoms with van der Waals surface area (Å²) < 4.78 is 28.1. The molecule has 0 aliphatic carbocycles. The van der Waals surface area contributed by atoms with E-state index in [0.29, 0.717) is 30.8 Å². The molecule has 0 unspecified atom stereocenters. The summed E-state index contributed by atoms with van der Waals surface area (Å²) >= 11 is 0. The van der Waals surface area contributed by atoms with Gasteiger partial charge in [-0.2, -0.15) is 0 Å². The van der Waals surface area contributed by atoms with Crippen molar-refractivity contribution in [3.05, 3.63) is 102 Å². The van der Waals surface area contributed by atoms with Crippen LogP contribution >= 0.6 is 0 Å². The van der Waals surface area contributed by atoms with Crippen LogP contribution in [0.3, 0.4) is 0 Å². The zero-order valence-electron chi connectivity index (χ0n) is 20.5. The predicted molar refractivity (Wildman–Crippen MR) is 144 cm³/mol. The number of rotatable bonds is 6. The maximum Gasteiger partial charge on any atom is 0.264 e. The van der Waals surface area contributed by atoms with Crippen LogP contribution in [-0.4, -0.2) is 62.9 Å². The van der Waals surface area contributed by atoms with Crippen molar-refractivity contribution in [2.45, 2.75) is 24.3 Å². The Labute approximate surface area is 213 Å². The number of anilines is 1. The van der Waals surface area contributed by atoms with Gasteiger partial charge in [-0.05, 0) is 54.8 Å². The minimum Gasteiger partial charge on any atom is -0.336 e. The van der Waals surface area contributed by atoms with Gasteiger partial charge in [-0.25, -0.2) is 8.42 Å². The van der Waals surface area contributed by atoms with Crippen molar-refractivity contribution in [3.63, 3.8) is 0 Å². The van der Waals surface area contributed by atoms with Gasteiger partial charge in [-0.3, -0.25) is 14.0 Å². The van der Waals surface area contributed by atoms with E-state index in [0.717, 1.165) is 25.2 Å². The maximum atomic E-state index is 13.3. The van der Waals surface area contributed by atoms with Crippen LogP contribution < -0.4 is 4.31 Å². The Morgan fingerprint density at radius 3 is 2.28 bits per heavy atom. The van der Waals surface area contributed by atoms with Crippen molar-refractivity contribution in [1.29, 1.82) is 0 Å². The van der Waals surface area contributed by atoms with Crippen LogP contribution in [0, 0.1) is 0 Å². The highest BCUT2D eigenvalue weighted by Gasteiger charge is 2.36. The monoisotopic (exact) mass is 501 g/mol. The average molecular weight is 502 g/mol. The van der Waals surface area contributed by atoms with Gasteiger partial charge in [0.05, 0.1) is 10.6 Å². The molecule has 3 aromatic rings. The summed E-state index contributed by atoms with van der Waals surface area (Å²) in [6.45, 7) is 5.79.